The molecule has 0 bridgehead atoms. The van der Waals surface area contributed by atoms with Gasteiger partial charge in [-0.1, -0.05) is 17.7 Å². The first-order valence-electron chi connectivity index (χ1n) is 3.28. The van der Waals surface area contributed by atoms with Crippen molar-refractivity contribution in [1.29, 1.82) is 0 Å². The molecule has 1 aromatic carbocycles. The van der Waals surface area contributed by atoms with Gasteiger partial charge in [-0.2, -0.15) is 0 Å². The highest BCUT2D eigenvalue weighted by molar-refractivity contribution is 6.65. The van der Waals surface area contributed by atoms with E-state index in [1.54, 1.807) is 0 Å². The topological polar surface area (TPSA) is 79.2 Å². The average Bonchev–Trinajstić information content (AvgIpc) is 2.11. The molecular weight excluding hydrogens is 198 g/mol. The Balaban J connectivity index is 3.10. The van der Waals surface area contributed by atoms with Crippen molar-refractivity contribution in [1.82, 2.24) is 0 Å². The number of rotatable bonds is 3. The molecule has 3 N–H and O–H groups in total. The molecule has 0 radical (unpaired) electrons. The third-order valence-electron chi connectivity index (χ3n) is 1.46. The number of hydrogen-bond donors (Lipinski definition) is 3. The predicted octanol–water partition coefficient (Wildman–Crippen LogP) is 0.720. The monoisotopic (exact) mass is 204 g/mol. The van der Waals surface area contributed by atoms with Crippen LogP contribution in [0.1, 0.15) is 0 Å². The number of aromatic hydroxyl groups is 1. The Morgan fingerprint density at radius 2 is 1.85 bits per heavy atom. The minimum atomic E-state index is -1.52. The first-order valence-corrected chi connectivity index (χ1v) is 3.66. The summed E-state index contributed by atoms with van der Waals surface area (Å²) < 4.78 is 0. The van der Waals surface area contributed by atoms with Crippen molar-refractivity contribution in [2.24, 2.45) is 0 Å². The van der Waals surface area contributed by atoms with Crippen LogP contribution in [0.5, 0.6) is 5.75 Å². The fourth-order valence-electron chi connectivity index (χ4n) is 0.884. The highest BCUT2D eigenvalue weighted by atomic mass is 35.5. The summed E-state index contributed by atoms with van der Waals surface area (Å²) in [4.78, 5) is 7.46. The van der Waals surface area contributed by atoms with Crippen LogP contribution in [0.25, 0.3) is 0 Å². The van der Waals surface area contributed by atoms with Crippen molar-refractivity contribution in [3.63, 3.8) is 0 Å². The van der Waals surface area contributed by atoms with Gasteiger partial charge < -0.3 is 5.11 Å². The van der Waals surface area contributed by atoms with Crippen LogP contribution in [-0.4, -0.2) is 22.7 Å². The molecule has 7 heteroatoms. The van der Waals surface area contributed by atoms with Crippen molar-refractivity contribution < 1.29 is 25.2 Å². The molecule has 0 aliphatic rings. The summed E-state index contributed by atoms with van der Waals surface area (Å²) in [6, 6.07) is 4.25. The van der Waals surface area contributed by atoms with Gasteiger partial charge in [-0.15, -0.1) is 0 Å². The summed E-state index contributed by atoms with van der Waals surface area (Å²) in [5, 5.41) is 25.9. The van der Waals surface area contributed by atoms with Gasteiger partial charge in [-0.05, 0) is 12.1 Å². The molecule has 0 fully saturated rings. The molecule has 70 valence electrons. The highest BCUT2D eigenvalue weighted by Crippen LogP contribution is 2.14. The Labute approximate surface area is 79.1 Å². The van der Waals surface area contributed by atoms with Crippen LogP contribution in [0.4, 0.5) is 0 Å². The molecule has 0 aliphatic heterocycles. The molecule has 0 saturated heterocycles. The maximum atomic E-state index is 9.26. The minimum Gasteiger partial charge on any atom is -0.508 e. The van der Waals surface area contributed by atoms with E-state index in [1.807, 2.05) is 0 Å². The lowest BCUT2D eigenvalue weighted by atomic mass is 9.79. The smallest absolute Gasteiger partial charge is 0.508 e. The van der Waals surface area contributed by atoms with Crippen molar-refractivity contribution in [3.8, 4) is 5.75 Å². The van der Waals surface area contributed by atoms with E-state index in [2.05, 4.69) is 9.61 Å². The van der Waals surface area contributed by atoms with Gasteiger partial charge in [0.1, 0.15) is 5.75 Å². The van der Waals surface area contributed by atoms with E-state index in [-0.39, 0.29) is 16.2 Å². The molecule has 1 aromatic rings. The normalized spacial score (nSPS) is 10.1. The first kappa shape index (κ1) is 10.3. The third kappa shape index (κ3) is 2.12. The number of hydrogen-bond acceptors (Lipinski definition) is 5. The lowest BCUT2D eigenvalue weighted by Crippen LogP contribution is -2.36. The molecule has 13 heavy (non-hydrogen) atoms. The number of phenols is 1. The van der Waals surface area contributed by atoms with Gasteiger partial charge in [0.25, 0.3) is 0 Å². The van der Waals surface area contributed by atoms with Crippen molar-refractivity contribution in [2.75, 3.05) is 0 Å². The van der Waals surface area contributed by atoms with E-state index in [0.717, 1.165) is 0 Å². The van der Waals surface area contributed by atoms with Crippen LogP contribution in [0.2, 0.25) is 5.02 Å². The van der Waals surface area contributed by atoms with E-state index < -0.39 is 7.12 Å². The summed E-state index contributed by atoms with van der Waals surface area (Å²) in [7, 11) is -1.52. The van der Waals surface area contributed by atoms with Crippen LogP contribution in [0.3, 0.4) is 0 Å². The number of halogens is 1. The second-order valence-corrected chi connectivity index (χ2v) is 2.62. The molecule has 0 heterocycles. The maximum absolute atomic E-state index is 9.26. The van der Waals surface area contributed by atoms with Gasteiger partial charge in [-0.3, -0.25) is 20.1 Å². The van der Waals surface area contributed by atoms with E-state index in [1.165, 1.54) is 18.2 Å². The lowest BCUT2D eigenvalue weighted by Gasteiger charge is -2.08. The summed E-state index contributed by atoms with van der Waals surface area (Å²) in [5.74, 6) is -0.249. The molecule has 0 unspecified atom stereocenters. The number of benzene rings is 1. The van der Waals surface area contributed by atoms with Gasteiger partial charge in [0.05, 0.1) is 0 Å². The first-order chi connectivity index (χ1) is 6.20. The summed E-state index contributed by atoms with van der Waals surface area (Å²) in [6.45, 7) is 0. The zero-order valence-corrected chi connectivity index (χ0v) is 7.10. The Hall–Kier alpha value is -0.785. The number of phenolic OH excluding ortho intramolecular Hbond substituents is 1. The molecule has 0 aliphatic carbocycles. The molecule has 0 atom stereocenters. The fraction of sp³-hybridized carbons (Fsp3) is 0. The van der Waals surface area contributed by atoms with Crippen LogP contribution in [0, 0.1) is 0 Å². The molecular formula is C6H6BClO5. The van der Waals surface area contributed by atoms with Gasteiger partial charge >= 0.3 is 7.12 Å². The molecule has 0 spiro atoms. The van der Waals surface area contributed by atoms with E-state index in [0.29, 0.717) is 0 Å². The van der Waals surface area contributed by atoms with E-state index in [9.17, 15) is 5.11 Å². The molecule has 0 aromatic heterocycles. The molecule has 1 rings (SSSR count). The quantitative estimate of drug-likeness (QED) is 0.384. The minimum absolute atomic E-state index is 0.0471. The zero-order valence-electron chi connectivity index (χ0n) is 6.35. The predicted molar refractivity (Wildman–Crippen MR) is 45.9 cm³/mol. The molecule has 5 nitrogen and oxygen atoms in total. The third-order valence-corrected chi connectivity index (χ3v) is 1.79. The van der Waals surface area contributed by atoms with Crippen molar-refractivity contribution in [2.45, 2.75) is 0 Å². The van der Waals surface area contributed by atoms with Gasteiger partial charge in [-0.25, -0.2) is 0 Å². The fourth-order valence-corrected chi connectivity index (χ4v) is 1.14. The largest absolute Gasteiger partial charge is 0.559 e. The highest BCUT2D eigenvalue weighted by Gasteiger charge is 2.28. The van der Waals surface area contributed by atoms with Crippen LogP contribution < -0.4 is 5.46 Å². The Bertz CT molecular complexity index is 270. The van der Waals surface area contributed by atoms with Gasteiger partial charge in [0.15, 0.2) is 0 Å². The standard InChI is InChI=1S/C6H6BClO5/c8-4-2-1-3-5(9)6(4)7(12-10)13-11/h1-3,9-11H. The van der Waals surface area contributed by atoms with Crippen molar-refractivity contribution in [3.05, 3.63) is 23.2 Å². The summed E-state index contributed by atoms with van der Waals surface area (Å²) in [5.41, 5.74) is -0.0471. The van der Waals surface area contributed by atoms with Crippen LogP contribution in [0.15, 0.2) is 18.2 Å². The summed E-state index contributed by atoms with van der Waals surface area (Å²) >= 11 is 5.64. The van der Waals surface area contributed by atoms with Crippen LogP contribution >= 0.6 is 11.6 Å². The zero-order chi connectivity index (χ0) is 9.84. The Morgan fingerprint density at radius 3 is 2.31 bits per heavy atom. The average molecular weight is 204 g/mol. The van der Waals surface area contributed by atoms with Gasteiger partial charge in [0.2, 0.25) is 0 Å². The maximum Gasteiger partial charge on any atom is 0.559 e. The second kappa shape index (κ2) is 4.45. The Kier molecular flexibility index (Phi) is 3.53. The SMILES string of the molecule is OOB(OO)c1c(O)cccc1Cl. The van der Waals surface area contributed by atoms with Gasteiger partial charge in [0, 0.05) is 10.5 Å². The lowest BCUT2D eigenvalue weighted by molar-refractivity contribution is -0.221. The molecule has 0 saturated carbocycles. The molecule has 0 amide bonds. The second-order valence-electron chi connectivity index (χ2n) is 2.22. The van der Waals surface area contributed by atoms with Crippen molar-refractivity contribution >= 4 is 24.2 Å². The Morgan fingerprint density at radius 1 is 1.23 bits per heavy atom. The van der Waals surface area contributed by atoms with Crippen LogP contribution in [-0.2, 0) is 9.61 Å². The van der Waals surface area contributed by atoms with E-state index in [4.69, 9.17) is 22.1 Å². The van der Waals surface area contributed by atoms with E-state index >= 15 is 0 Å². The summed E-state index contributed by atoms with van der Waals surface area (Å²) in [6.07, 6.45) is 0.